The topological polar surface area (TPSA) is 244 Å². The van der Waals surface area contributed by atoms with Crippen molar-refractivity contribution >= 4 is 39.1 Å². The number of aliphatic hydroxyl groups is 1. The first-order chi connectivity index (χ1) is 49.7. The summed E-state index contributed by atoms with van der Waals surface area (Å²) in [4.78, 5) is 0. The summed E-state index contributed by atoms with van der Waals surface area (Å²) in [5, 5.41) is 14.0. The van der Waals surface area contributed by atoms with Gasteiger partial charge in [0, 0.05) is 0 Å². The van der Waals surface area contributed by atoms with Gasteiger partial charge >= 0.3 is 39.1 Å². The third kappa shape index (κ3) is 23.6. The van der Waals surface area contributed by atoms with Crippen molar-refractivity contribution in [3.8, 4) is 0 Å². The molecule has 0 aromatic heterocycles. The van der Waals surface area contributed by atoms with E-state index in [0.29, 0.717) is 55.6 Å². The highest BCUT2D eigenvalue weighted by molar-refractivity contribution is 7.49. The van der Waals surface area contributed by atoms with Gasteiger partial charge in [-0.1, -0.05) is 303 Å². The van der Waals surface area contributed by atoms with Gasteiger partial charge in [0.05, 0.1) is 66.1 Å². The summed E-state index contributed by atoms with van der Waals surface area (Å²) >= 11 is 0. The van der Waals surface area contributed by atoms with Crippen LogP contribution in [-0.4, -0.2) is 41.7 Å². The molecule has 10 aromatic rings. The smallest absolute Gasteiger partial charge is 0.387 e. The van der Waals surface area contributed by atoms with Crippen LogP contribution in [0.3, 0.4) is 0 Å². The molecule has 102 heavy (non-hydrogen) atoms. The largest absolute Gasteiger partial charge is 0.475 e. The summed E-state index contributed by atoms with van der Waals surface area (Å²) in [7, 11) is -26.9. The first-order valence-corrected chi connectivity index (χ1v) is 39.9. The zero-order valence-corrected chi connectivity index (χ0v) is 59.7. The SMILES string of the molecule is O=P(OCc1ccccc1)(OCc1ccccc1)OC1[C@@H](OP(=O)(OCc2ccccc2)OCc2ccccc2)[C@@H](OP(=O)(OCc2ccccc2)OCc2ccccc2)C(O)[C@H](OP(=O)(OCc2ccccc2)OCc2ccccc2)[C@H]1OP(=O)(OCc1ccccc1)OCc1ccccc1. The minimum Gasteiger partial charge on any atom is -0.387 e. The monoisotopic (exact) mass is 1480 g/mol. The average molecular weight is 1480 g/mol. The molecular weight excluding hydrogens is 1400 g/mol. The van der Waals surface area contributed by atoms with Crippen LogP contribution in [0, 0.1) is 0 Å². The number of phosphoric ester groups is 5. The van der Waals surface area contributed by atoms with Gasteiger partial charge in [-0.05, 0) is 55.6 Å². The van der Waals surface area contributed by atoms with Gasteiger partial charge < -0.3 is 5.11 Å². The molecule has 26 heteroatoms. The third-order valence-electron chi connectivity index (χ3n) is 15.5. The van der Waals surface area contributed by atoms with Crippen LogP contribution in [-0.2, 0) is 157 Å². The number of phosphoric acid groups is 5. The standard InChI is InChI=1S/C76H77O21P5/c77-71-72(93-98(78,83-51-61-31-11-1-12-32-61)84-52-62-33-13-2-14-34-62)74(95-100(80,87-55-65-39-19-5-20-40-65)88-56-66-41-21-6-22-42-66)76(97-102(82,91-59-69-47-27-9-28-48-69)92-60-70-49-29-10-30-50-70)75(96-101(81,89-57-67-43-23-7-24-44-67)90-58-68-45-25-8-26-46-68)73(71)94-99(79,85-53-63-35-15-3-16-36-63)86-54-64-37-17-4-18-38-64/h1-50,71-77H,51-60H2/t71?,72-,73-,74-,75+,76?/m0/s1. The molecule has 532 valence electrons. The quantitative estimate of drug-likeness (QED) is 0.0351. The Balaban J connectivity index is 1.14. The summed E-state index contributed by atoms with van der Waals surface area (Å²) in [6, 6.07) is 85.7. The van der Waals surface area contributed by atoms with Gasteiger partial charge in [-0.15, -0.1) is 0 Å². The number of hydrogen-bond acceptors (Lipinski definition) is 21. The lowest BCUT2D eigenvalue weighted by Crippen LogP contribution is -2.66. The van der Waals surface area contributed by atoms with Crippen LogP contribution in [0.4, 0.5) is 0 Å². The Kier molecular flexibility index (Phi) is 28.2. The highest BCUT2D eigenvalue weighted by atomic mass is 31.2. The van der Waals surface area contributed by atoms with Crippen LogP contribution in [0.2, 0.25) is 0 Å². The summed E-state index contributed by atoms with van der Waals surface area (Å²) in [5.41, 5.74) is 4.73. The molecule has 1 aliphatic carbocycles. The average Bonchev–Trinajstić information content (AvgIpc) is 0.741. The van der Waals surface area contributed by atoms with Gasteiger partial charge in [-0.3, -0.25) is 67.9 Å². The van der Waals surface area contributed by atoms with Gasteiger partial charge in [-0.25, -0.2) is 22.8 Å². The van der Waals surface area contributed by atoms with E-state index in [-0.39, 0.29) is 0 Å². The van der Waals surface area contributed by atoms with E-state index in [1.165, 1.54) is 0 Å². The van der Waals surface area contributed by atoms with Gasteiger partial charge in [-0.2, -0.15) is 0 Å². The Labute approximate surface area is 593 Å². The van der Waals surface area contributed by atoms with E-state index < -0.39 is 142 Å². The second-order valence-corrected chi connectivity index (χ2v) is 31.3. The Morgan fingerprint density at radius 2 is 0.294 bits per heavy atom. The summed E-state index contributed by atoms with van der Waals surface area (Å²) < 4.78 is 179. The minimum absolute atomic E-state index is 0.460. The predicted octanol–water partition coefficient (Wildman–Crippen LogP) is 19.0. The highest BCUT2D eigenvalue weighted by Gasteiger charge is 2.63. The second-order valence-electron chi connectivity index (χ2n) is 23.2. The van der Waals surface area contributed by atoms with E-state index in [9.17, 15) is 5.11 Å². The van der Waals surface area contributed by atoms with Crippen LogP contribution < -0.4 is 0 Å². The third-order valence-corrected chi connectivity index (χ3v) is 22.5. The van der Waals surface area contributed by atoms with E-state index in [2.05, 4.69) is 0 Å². The fourth-order valence-electron chi connectivity index (χ4n) is 10.3. The number of rotatable bonds is 40. The van der Waals surface area contributed by atoms with Crippen LogP contribution in [0.25, 0.3) is 0 Å². The summed E-state index contributed by atoms with van der Waals surface area (Å²) in [6.07, 6.45) is -15.0. The van der Waals surface area contributed by atoms with Gasteiger partial charge in [0.2, 0.25) is 0 Å². The van der Waals surface area contributed by atoms with Crippen molar-refractivity contribution in [2.75, 3.05) is 0 Å². The lowest BCUT2D eigenvalue weighted by molar-refractivity contribution is -0.211. The first kappa shape index (κ1) is 75.9. The fourth-order valence-corrected chi connectivity index (χ4v) is 17.0. The van der Waals surface area contributed by atoms with E-state index >= 15 is 22.8 Å². The Hall–Kier alpha value is -7.29. The van der Waals surface area contributed by atoms with Crippen LogP contribution >= 0.6 is 39.1 Å². The van der Waals surface area contributed by atoms with Crippen molar-refractivity contribution in [3.63, 3.8) is 0 Å². The molecule has 0 saturated heterocycles. The molecule has 1 N–H and O–H groups in total. The molecule has 6 atom stereocenters. The predicted molar refractivity (Wildman–Crippen MR) is 381 cm³/mol. The molecule has 0 heterocycles. The Morgan fingerprint density at radius 1 is 0.186 bits per heavy atom. The van der Waals surface area contributed by atoms with Crippen molar-refractivity contribution in [3.05, 3.63) is 359 Å². The first-order valence-electron chi connectivity index (χ1n) is 32.6. The van der Waals surface area contributed by atoms with Crippen LogP contribution in [0.5, 0.6) is 0 Å². The van der Waals surface area contributed by atoms with Crippen molar-refractivity contribution in [1.82, 2.24) is 0 Å². The maximum absolute atomic E-state index is 16.6. The number of aliphatic hydroxyl groups excluding tert-OH is 1. The molecule has 1 fully saturated rings. The molecular formula is C76H77O21P5. The molecule has 0 radical (unpaired) electrons. The molecule has 2 unspecified atom stereocenters. The Morgan fingerprint density at radius 3 is 0.422 bits per heavy atom. The van der Waals surface area contributed by atoms with E-state index in [1.54, 1.807) is 303 Å². The summed E-state index contributed by atoms with van der Waals surface area (Å²) in [5.74, 6) is 0. The molecule has 10 aromatic carbocycles. The maximum Gasteiger partial charge on any atom is 0.475 e. The van der Waals surface area contributed by atoms with E-state index in [4.69, 9.17) is 67.9 Å². The maximum atomic E-state index is 16.6. The molecule has 21 nitrogen and oxygen atoms in total. The molecule has 11 rings (SSSR count). The van der Waals surface area contributed by atoms with Crippen molar-refractivity contribution in [1.29, 1.82) is 0 Å². The molecule has 1 aliphatic rings. The minimum atomic E-state index is -5.42. The second kappa shape index (κ2) is 37.9. The summed E-state index contributed by atoms with van der Waals surface area (Å²) in [6.45, 7) is -4.70. The van der Waals surface area contributed by atoms with Gasteiger partial charge in [0.15, 0.2) is 0 Å². The number of hydrogen-bond donors (Lipinski definition) is 1. The Bertz CT molecular complexity index is 3880. The van der Waals surface area contributed by atoms with Crippen molar-refractivity contribution in [2.24, 2.45) is 0 Å². The number of benzene rings is 10. The van der Waals surface area contributed by atoms with E-state index in [0.717, 1.165) is 0 Å². The van der Waals surface area contributed by atoms with Crippen molar-refractivity contribution < 1.29 is 95.8 Å². The van der Waals surface area contributed by atoms with Crippen LogP contribution in [0.15, 0.2) is 303 Å². The van der Waals surface area contributed by atoms with Gasteiger partial charge in [0.25, 0.3) is 0 Å². The molecule has 0 spiro atoms. The van der Waals surface area contributed by atoms with Crippen LogP contribution in [0.1, 0.15) is 55.6 Å². The molecule has 0 amide bonds. The molecule has 0 aliphatic heterocycles. The van der Waals surface area contributed by atoms with E-state index in [1.807, 2.05) is 0 Å². The normalized spacial score (nSPS) is 17.5. The molecule has 1 saturated carbocycles. The molecule has 0 bridgehead atoms. The lowest BCUT2D eigenvalue weighted by atomic mass is 9.85. The van der Waals surface area contributed by atoms with Crippen molar-refractivity contribution in [2.45, 2.75) is 103 Å². The lowest BCUT2D eigenvalue weighted by Gasteiger charge is -2.48. The highest BCUT2D eigenvalue weighted by Crippen LogP contribution is 2.65. The fraction of sp³-hybridized carbons (Fsp3) is 0.211. The zero-order chi connectivity index (χ0) is 70.8. The van der Waals surface area contributed by atoms with Gasteiger partial charge in [0.1, 0.15) is 36.6 Å². The zero-order valence-electron chi connectivity index (χ0n) is 55.3.